The van der Waals surface area contributed by atoms with Gasteiger partial charge in [-0.25, -0.2) is 0 Å². The van der Waals surface area contributed by atoms with Gasteiger partial charge in [-0.2, -0.15) is 5.10 Å². The normalized spacial score (nSPS) is 12.2. The first-order valence-electron chi connectivity index (χ1n) is 6.14. The van der Waals surface area contributed by atoms with E-state index in [2.05, 4.69) is 26.3 Å². The molecular weight excluding hydrogens is 342 g/mol. The molecule has 0 fully saturated rings. The third kappa shape index (κ3) is 3.04. The van der Waals surface area contributed by atoms with Crippen molar-refractivity contribution in [3.8, 4) is 0 Å². The molecule has 1 atom stereocenters. The van der Waals surface area contributed by atoms with Crippen LogP contribution in [-0.2, 0) is 7.05 Å². The fraction of sp³-hybridized carbons (Fsp3) is 0.286. The molecular formula is C14H15BrClN3O. The molecule has 0 saturated carbocycles. The highest BCUT2D eigenvalue weighted by Gasteiger charge is 2.17. The third-order valence-electron chi connectivity index (χ3n) is 3.26. The van der Waals surface area contributed by atoms with Crippen molar-refractivity contribution >= 4 is 33.4 Å². The van der Waals surface area contributed by atoms with E-state index in [1.807, 2.05) is 20.9 Å². The monoisotopic (exact) mass is 355 g/mol. The zero-order valence-electron chi connectivity index (χ0n) is 11.4. The molecule has 1 aromatic carbocycles. The van der Waals surface area contributed by atoms with Gasteiger partial charge in [0.2, 0.25) is 0 Å². The minimum absolute atomic E-state index is 0.133. The number of rotatable bonds is 3. The van der Waals surface area contributed by atoms with Crippen molar-refractivity contribution in [2.24, 2.45) is 7.05 Å². The lowest BCUT2D eigenvalue weighted by Gasteiger charge is -2.14. The zero-order chi connectivity index (χ0) is 14.9. The second-order valence-corrected chi connectivity index (χ2v) is 5.95. The van der Waals surface area contributed by atoms with Gasteiger partial charge < -0.3 is 5.32 Å². The number of aryl methyl sites for hydroxylation is 1. The maximum absolute atomic E-state index is 12.3. The van der Waals surface area contributed by atoms with Gasteiger partial charge in [0, 0.05) is 22.8 Å². The number of carbonyl (C=O) groups excluding carboxylic acids is 1. The molecule has 1 aromatic heterocycles. The van der Waals surface area contributed by atoms with Crippen LogP contribution in [0.3, 0.4) is 0 Å². The lowest BCUT2D eigenvalue weighted by atomic mass is 10.1. The Kier molecular flexibility index (Phi) is 4.50. The van der Waals surface area contributed by atoms with Crippen LogP contribution in [0.5, 0.6) is 0 Å². The predicted octanol–water partition coefficient (Wildman–Crippen LogP) is 3.64. The zero-order valence-corrected chi connectivity index (χ0v) is 13.8. The highest BCUT2D eigenvalue weighted by molar-refractivity contribution is 9.10. The van der Waals surface area contributed by atoms with Gasteiger partial charge in [-0.05, 0) is 32.0 Å². The molecule has 0 aliphatic carbocycles. The Balaban J connectivity index is 2.19. The van der Waals surface area contributed by atoms with Gasteiger partial charge in [0.1, 0.15) is 0 Å². The van der Waals surface area contributed by atoms with E-state index in [1.165, 1.54) is 0 Å². The van der Waals surface area contributed by atoms with Crippen LogP contribution in [-0.4, -0.2) is 15.7 Å². The maximum atomic E-state index is 12.3. The van der Waals surface area contributed by atoms with Crippen molar-refractivity contribution in [3.63, 3.8) is 0 Å². The number of aromatic nitrogens is 2. The number of nitrogens with one attached hydrogen (secondary N) is 1. The van der Waals surface area contributed by atoms with Crippen LogP contribution in [0.25, 0.3) is 0 Å². The minimum Gasteiger partial charge on any atom is -0.345 e. The summed E-state index contributed by atoms with van der Waals surface area (Å²) in [5.41, 5.74) is 2.47. The number of nitrogens with zero attached hydrogens (tertiary/aromatic N) is 2. The van der Waals surface area contributed by atoms with Crippen LogP contribution < -0.4 is 5.32 Å². The highest BCUT2D eigenvalue weighted by Crippen LogP contribution is 2.22. The maximum Gasteiger partial charge on any atom is 0.253 e. The molecule has 2 aromatic rings. The van der Waals surface area contributed by atoms with Crippen LogP contribution in [0.1, 0.15) is 34.6 Å². The number of carbonyl (C=O) groups is 1. The van der Waals surface area contributed by atoms with Crippen LogP contribution >= 0.6 is 27.5 Å². The Morgan fingerprint density at radius 3 is 2.80 bits per heavy atom. The number of hydrogen-bond donors (Lipinski definition) is 1. The van der Waals surface area contributed by atoms with E-state index in [-0.39, 0.29) is 11.9 Å². The second kappa shape index (κ2) is 5.97. The van der Waals surface area contributed by atoms with Gasteiger partial charge in [0.15, 0.2) is 0 Å². The average molecular weight is 357 g/mol. The van der Waals surface area contributed by atoms with Crippen molar-refractivity contribution < 1.29 is 4.79 Å². The highest BCUT2D eigenvalue weighted by atomic mass is 79.9. The molecule has 6 heteroatoms. The molecule has 2 rings (SSSR count). The summed E-state index contributed by atoms with van der Waals surface area (Å²) in [4.78, 5) is 12.3. The van der Waals surface area contributed by atoms with Crippen molar-refractivity contribution in [2.75, 3.05) is 0 Å². The van der Waals surface area contributed by atoms with E-state index in [4.69, 9.17) is 11.6 Å². The van der Waals surface area contributed by atoms with E-state index in [1.54, 1.807) is 29.1 Å². The molecule has 1 N–H and O–H groups in total. The van der Waals surface area contributed by atoms with E-state index in [0.717, 1.165) is 15.7 Å². The first kappa shape index (κ1) is 15.1. The third-order valence-corrected chi connectivity index (χ3v) is 4.08. The summed E-state index contributed by atoms with van der Waals surface area (Å²) < 4.78 is 2.60. The predicted molar refractivity (Wildman–Crippen MR) is 83.0 cm³/mol. The Hall–Kier alpha value is -1.33. The van der Waals surface area contributed by atoms with Crippen molar-refractivity contribution in [1.82, 2.24) is 15.1 Å². The number of benzene rings is 1. The number of hydrogen-bond acceptors (Lipinski definition) is 2. The summed E-state index contributed by atoms with van der Waals surface area (Å²) in [6.45, 7) is 3.89. The first-order valence-corrected chi connectivity index (χ1v) is 7.31. The molecule has 0 aliphatic heterocycles. The van der Waals surface area contributed by atoms with Gasteiger partial charge in [0.05, 0.1) is 22.8 Å². The minimum atomic E-state index is -0.202. The molecule has 0 spiro atoms. The number of halogens is 2. The summed E-state index contributed by atoms with van der Waals surface area (Å²) in [5.74, 6) is -0.202. The Morgan fingerprint density at radius 1 is 1.50 bits per heavy atom. The molecule has 106 valence electrons. The first-order chi connectivity index (χ1) is 9.40. The molecule has 1 unspecified atom stereocenters. The second-order valence-electron chi connectivity index (χ2n) is 4.63. The summed E-state index contributed by atoms with van der Waals surface area (Å²) in [6.07, 6.45) is 1.77. The van der Waals surface area contributed by atoms with Gasteiger partial charge in [-0.3, -0.25) is 9.48 Å². The van der Waals surface area contributed by atoms with Crippen molar-refractivity contribution in [1.29, 1.82) is 0 Å². The lowest BCUT2D eigenvalue weighted by molar-refractivity contribution is 0.0940. The molecule has 1 heterocycles. The van der Waals surface area contributed by atoms with Crippen LogP contribution in [0, 0.1) is 6.92 Å². The molecule has 0 radical (unpaired) electrons. The lowest BCUT2D eigenvalue weighted by Crippen LogP contribution is -2.27. The standard InChI is InChI=1S/C14H15BrClN3O/c1-8(12-7-17-19(3)9(12)2)18-14(20)11-6-10(15)4-5-13(11)16/h4-8H,1-3H3,(H,18,20). The van der Waals surface area contributed by atoms with E-state index in [0.29, 0.717) is 10.6 Å². The van der Waals surface area contributed by atoms with E-state index >= 15 is 0 Å². The SMILES string of the molecule is Cc1c(C(C)NC(=O)c2cc(Br)ccc2Cl)cnn1C. The molecule has 0 aliphatic rings. The summed E-state index contributed by atoms with van der Waals surface area (Å²) in [7, 11) is 1.87. The van der Waals surface area contributed by atoms with E-state index in [9.17, 15) is 4.79 Å². The Bertz CT molecular complexity index is 654. The topological polar surface area (TPSA) is 46.9 Å². The molecule has 4 nitrogen and oxygen atoms in total. The average Bonchev–Trinajstić information content (AvgIpc) is 2.73. The number of amides is 1. The smallest absolute Gasteiger partial charge is 0.253 e. The van der Waals surface area contributed by atoms with Crippen LogP contribution in [0.4, 0.5) is 0 Å². The summed E-state index contributed by atoms with van der Waals surface area (Å²) in [6, 6.07) is 5.07. The largest absolute Gasteiger partial charge is 0.345 e. The summed E-state index contributed by atoms with van der Waals surface area (Å²) in [5, 5.41) is 7.55. The van der Waals surface area contributed by atoms with Crippen LogP contribution in [0.15, 0.2) is 28.9 Å². The molecule has 0 saturated heterocycles. The Morgan fingerprint density at radius 2 is 2.20 bits per heavy atom. The fourth-order valence-electron chi connectivity index (χ4n) is 1.96. The van der Waals surface area contributed by atoms with E-state index < -0.39 is 0 Å². The molecule has 1 amide bonds. The fourth-order valence-corrected chi connectivity index (χ4v) is 2.53. The van der Waals surface area contributed by atoms with Gasteiger partial charge in [0.25, 0.3) is 5.91 Å². The van der Waals surface area contributed by atoms with Gasteiger partial charge in [-0.15, -0.1) is 0 Å². The van der Waals surface area contributed by atoms with Crippen molar-refractivity contribution in [3.05, 3.63) is 50.7 Å². The molecule has 0 bridgehead atoms. The van der Waals surface area contributed by atoms with Gasteiger partial charge in [-0.1, -0.05) is 27.5 Å². The molecule has 20 heavy (non-hydrogen) atoms. The quantitative estimate of drug-likeness (QED) is 0.913. The van der Waals surface area contributed by atoms with Crippen LogP contribution in [0.2, 0.25) is 5.02 Å². The van der Waals surface area contributed by atoms with Gasteiger partial charge >= 0.3 is 0 Å². The van der Waals surface area contributed by atoms with Crippen molar-refractivity contribution in [2.45, 2.75) is 19.9 Å². The summed E-state index contributed by atoms with van der Waals surface area (Å²) >= 11 is 9.40. The Labute approximate surface area is 131 Å².